The van der Waals surface area contributed by atoms with Crippen molar-refractivity contribution in [3.63, 3.8) is 0 Å². The smallest absolute Gasteiger partial charge is 0.387 e. The normalized spacial score (nSPS) is 11.8. The number of benzene rings is 2. The lowest BCUT2D eigenvalue weighted by molar-refractivity contribution is -0.115. The molecule has 0 saturated heterocycles. The number of aromatic nitrogens is 2. The molecule has 156 valence electrons. The highest BCUT2D eigenvalue weighted by Gasteiger charge is 2.18. The molecule has 2 amide bonds. The monoisotopic (exact) mass is 452 g/mol. The number of alkyl halides is 3. The van der Waals surface area contributed by atoms with Crippen molar-refractivity contribution in [2.45, 2.75) is 18.9 Å². The number of carbonyl (C=O) groups is 2. The highest BCUT2D eigenvalue weighted by Crippen LogP contribution is 2.29. The van der Waals surface area contributed by atoms with Gasteiger partial charge in [0, 0.05) is 11.1 Å². The summed E-state index contributed by atoms with van der Waals surface area (Å²) < 4.78 is 29.7. The van der Waals surface area contributed by atoms with Crippen LogP contribution in [0.4, 0.5) is 19.6 Å². The topological polar surface area (TPSA) is 93.2 Å². The van der Waals surface area contributed by atoms with Gasteiger partial charge in [0.15, 0.2) is 0 Å². The molecule has 0 radical (unpaired) electrons. The summed E-state index contributed by atoms with van der Waals surface area (Å²) in [6.07, 6.45) is 0. The Labute approximate surface area is 179 Å². The van der Waals surface area contributed by atoms with Crippen molar-refractivity contribution >= 4 is 45.6 Å². The van der Waals surface area contributed by atoms with E-state index in [-0.39, 0.29) is 22.1 Å². The third kappa shape index (κ3) is 5.49. The molecule has 30 heavy (non-hydrogen) atoms. The van der Waals surface area contributed by atoms with Crippen molar-refractivity contribution < 1.29 is 23.1 Å². The molecule has 3 rings (SSSR count). The lowest BCUT2D eigenvalue weighted by atomic mass is 10.1. The minimum Gasteiger partial charge on any atom is -0.433 e. The Morgan fingerprint density at radius 3 is 2.50 bits per heavy atom. The van der Waals surface area contributed by atoms with E-state index in [1.54, 1.807) is 0 Å². The molecule has 1 heterocycles. The largest absolute Gasteiger partial charge is 0.433 e. The first-order valence-corrected chi connectivity index (χ1v) is 9.83. The average Bonchev–Trinajstić information content (AvgIpc) is 3.18. The summed E-state index contributed by atoms with van der Waals surface area (Å²) in [5.41, 5.74) is 0.831. The number of hydrogen-bond acceptors (Lipinski definition) is 6. The second-order valence-electron chi connectivity index (χ2n) is 5.93. The van der Waals surface area contributed by atoms with Crippen LogP contribution < -0.4 is 15.4 Å². The van der Waals surface area contributed by atoms with Crippen molar-refractivity contribution in [3.8, 4) is 16.3 Å². The Hall–Kier alpha value is -3.11. The fourth-order valence-electron chi connectivity index (χ4n) is 2.34. The molecule has 0 aliphatic heterocycles. The summed E-state index contributed by atoms with van der Waals surface area (Å²) in [5, 5.41) is 12.9. The fourth-order valence-corrected chi connectivity index (χ4v) is 3.14. The predicted molar refractivity (Wildman–Crippen MR) is 110 cm³/mol. The standard InChI is InChI=1S/C19H15ClF2N4O3S/c1-10(20)15(27)23-13-9-12(7-8-14(13)29-18(21)22)16(28)24-19-26-25-17(30-19)11-5-3-2-4-6-11/h2-10,18H,1H3,(H,23,27)(H,24,26,28). The molecule has 2 aromatic carbocycles. The summed E-state index contributed by atoms with van der Waals surface area (Å²) in [6, 6.07) is 13.0. The molecule has 0 bridgehead atoms. The molecule has 0 saturated carbocycles. The molecule has 3 aromatic rings. The Kier molecular flexibility index (Phi) is 6.91. The van der Waals surface area contributed by atoms with E-state index < -0.39 is 23.8 Å². The van der Waals surface area contributed by atoms with Crippen LogP contribution in [0.25, 0.3) is 10.6 Å². The van der Waals surface area contributed by atoms with Gasteiger partial charge in [0.2, 0.25) is 11.0 Å². The number of hydrogen-bond donors (Lipinski definition) is 2. The Balaban J connectivity index is 1.80. The van der Waals surface area contributed by atoms with Gasteiger partial charge in [-0.15, -0.1) is 21.8 Å². The van der Waals surface area contributed by atoms with Gasteiger partial charge in [-0.25, -0.2) is 0 Å². The molecular formula is C19H15ClF2N4O3S. The minimum absolute atomic E-state index is 0.0885. The molecule has 1 aromatic heterocycles. The molecule has 7 nitrogen and oxygen atoms in total. The van der Waals surface area contributed by atoms with Crippen molar-refractivity contribution in [1.82, 2.24) is 10.2 Å². The van der Waals surface area contributed by atoms with Gasteiger partial charge in [0.1, 0.15) is 16.1 Å². The zero-order valence-corrected chi connectivity index (χ0v) is 17.0. The maximum absolute atomic E-state index is 12.6. The number of rotatable bonds is 7. The van der Waals surface area contributed by atoms with E-state index in [0.717, 1.165) is 11.6 Å². The van der Waals surface area contributed by atoms with Crippen LogP contribution in [-0.2, 0) is 4.79 Å². The number of halogens is 3. The van der Waals surface area contributed by atoms with E-state index in [1.165, 1.54) is 30.4 Å². The first-order valence-electron chi connectivity index (χ1n) is 8.57. The molecule has 1 atom stereocenters. The third-order valence-electron chi connectivity index (χ3n) is 3.74. The quantitative estimate of drug-likeness (QED) is 0.510. The summed E-state index contributed by atoms with van der Waals surface area (Å²) in [7, 11) is 0. The van der Waals surface area contributed by atoms with Crippen LogP contribution in [0.5, 0.6) is 5.75 Å². The summed E-state index contributed by atoms with van der Waals surface area (Å²) in [5.74, 6) is -1.50. The molecule has 0 aliphatic carbocycles. The van der Waals surface area contributed by atoms with Crippen LogP contribution in [0.15, 0.2) is 48.5 Å². The first-order chi connectivity index (χ1) is 14.3. The van der Waals surface area contributed by atoms with Gasteiger partial charge < -0.3 is 10.1 Å². The number of amides is 2. The van der Waals surface area contributed by atoms with Gasteiger partial charge in [0.25, 0.3) is 5.91 Å². The highest BCUT2D eigenvalue weighted by molar-refractivity contribution is 7.18. The van der Waals surface area contributed by atoms with E-state index in [9.17, 15) is 18.4 Å². The van der Waals surface area contributed by atoms with E-state index in [2.05, 4.69) is 25.6 Å². The van der Waals surface area contributed by atoms with Crippen LogP contribution in [-0.4, -0.2) is 34.0 Å². The lowest BCUT2D eigenvalue weighted by Gasteiger charge is -2.14. The van der Waals surface area contributed by atoms with Gasteiger partial charge in [-0.1, -0.05) is 41.7 Å². The fraction of sp³-hybridized carbons (Fsp3) is 0.158. The lowest BCUT2D eigenvalue weighted by Crippen LogP contribution is -2.21. The maximum Gasteiger partial charge on any atom is 0.387 e. The molecule has 0 aliphatic rings. The van der Waals surface area contributed by atoms with Gasteiger partial charge in [-0.3, -0.25) is 14.9 Å². The third-order valence-corrected chi connectivity index (χ3v) is 4.83. The van der Waals surface area contributed by atoms with Crippen LogP contribution in [0.2, 0.25) is 0 Å². The SMILES string of the molecule is CC(Cl)C(=O)Nc1cc(C(=O)Nc2nnc(-c3ccccc3)s2)ccc1OC(F)F. The van der Waals surface area contributed by atoms with Crippen molar-refractivity contribution in [1.29, 1.82) is 0 Å². The Bertz CT molecular complexity index is 1050. The van der Waals surface area contributed by atoms with E-state index in [4.69, 9.17) is 11.6 Å². The van der Waals surface area contributed by atoms with Crippen LogP contribution >= 0.6 is 22.9 Å². The number of nitrogens with one attached hydrogen (secondary N) is 2. The molecule has 0 spiro atoms. The van der Waals surface area contributed by atoms with Gasteiger partial charge in [-0.2, -0.15) is 8.78 Å². The first kappa shape index (κ1) is 21.6. The van der Waals surface area contributed by atoms with E-state index in [0.29, 0.717) is 5.01 Å². The maximum atomic E-state index is 12.6. The van der Waals surface area contributed by atoms with Gasteiger partial charge in [-0.05, 0) is 25.1 Å². The van der Waals surface area contributed by atoms with Crippen LogP contribution in [0.1, 0.15) is 17.3 Å². The summed E-state index contributed by atoms with van der Waals surface area (Å²) in [4.78, 5) is 24.4. The number of nitrogens with zero attached hydrogens (tertiary/aromatic N) is 2. The molecule has 1 unspecified atom stereocenters. The van der Waals surface area contributed by atoms with Crippen LogP contribution in [0.3, 0.4) is 0 Å². The average molecular weight is 453 g/mol. The highest BCUT2D eigenvalue weighted by atomic mass is 35.5. The Morgan fingerprint density at radius 2 is 1.83 bits per heavy atom. The minimum atomic E-state index is -3.11. The number of anilines is 2. The zero-order valence-electron chi connectivity index (χ0n) is 15.4. The molecular weight excluding hydrogens is 438 g/mol. The Morgan fingerprint density at radius 1 is 1.10 bits per heavy atom. The second kappa shape index (κ2) is 9.59. The summed E-state index contributed by atoms with van der Waals surface area (Å²) >= 11 is 6.88. The van der Waals surface area contributed by atoms with Gasteiger partial charge >= 0.3 is 6.61 Å². The van der Waals surface area contributed by atoms with E-state index in [1.807, 2.05) is 30.3 Å². The zero-order chi connectivity index (χ0) is 21.7. The predicted octanol–water partition coefficient (Wildman–Crippen LogP) is 4.62. The summed E-state index contributed by atoms with van der Waals surface area (Å²) in [6.45, 7) is -1.69. The number of ether oxygens (including phenoxy) is 1. The van der Waals surface area contributed by atoms with Crippen LogP contribution in [0, 0.1) is 0 Å². The number of carbonyl (C=O) groups excluding carboxylic acids is 2. The molecule has 11 heteroatoms. The second-order valence-corrected chi connectivity index (χ2v) is 7.56. The molecule has 2 N–H and O–H groups in total. The van der Waals surface area contributed by atoms with Gasteiger partial charge in [0.05, 0.1) is 5.69 Å². The van der Waals surface area contributed by atoms with Crippen molar-refractivity contribution in [2.75, 3.05) is 10.6 Å². The van der Waals surface area contributed by atoms with E-state index >= 15 is 0 Å². The van der Waals surface area contributed by atoms with Crippen molar-refractivity contribution in [3.05, 3.63) is 54.1 Å². The molecule has 0 fully saturated rings. The van der Waals surface area contributed by atoms with Crippen molar-refractivity contribution in [2.24, 2.45) is 0 Å².